The zero-order valence-electron chi connectivity index (χ0n) is 11.7. The van der Waals surface area contributed by atoms with Gasteiger partial charge in [0.05, 0.1) is 32.7 Å². The van der Waals surface area contributed by atoms with Gasteiger partial charge in [0.2, 0.25) is 15.9 Å². The summed E-state index contributed by atoms with van der Waals surface area (Å²) in [5, 5.41) is 7.49. The molecule has 0 fully saturated rings. The lowest BCUT2D eigenvalue weighted by Gasteiger charge is -2.22. The summed E-state index contributed by atoms with van der Waals surface area (Å²) in [6.07, 6.45) is 0.0765. The fraction of sp³-hybridized carbons (Fsp3) is 0.417. The molecular weight excluding hydrogens is 339 g/mol. The van der Waals surface area contributed by atoms with Crippen LogP contribution >= 0.6 is 23.2 Å². The molecule has 1 amide bonds. The van der Waals surface area contributed by atoms with Crippen molar-refractivity contribution in [1.82, 2.24) is 0 Å². The number of carbonyl (C=O) groups is 1. The van der Waals surface area contributed by atoms with Crippen LogP contribution in [0.2, 0.25) is 10.0 Å². The minimum Gasteiger partial charge on any atom is -0.378 e. The summed E-state index contributed by atoms with van der Waals surface area (Å²) < 4.78 is 27.7. The van der Waals surface area contributed by atoms with E-state index in [9.17, 15) is 13.2 Å². The quantitative estimate of drug-likeness (QED) is 0.847. The van der Waals surface area contributed by atoms with Crippen molar-refractivity contribution >= 4 is 44.8 Å². The van der Waals surface area contributed by atoms with Crippen LogP contribution in [-0.2, 0) is 19.6 Å². The number of nitrogens with two attached hydrogens (primary N) is 1. The van der Waals surface area contributed by atoms with Gasteiger partial charge in [0, 0.05) is 7.11 Å². The third-order valence-electron chi connectivity index (χ3n) is 2.75. The number of methoxy groups -OCH3 is 1. The molecule has 0 radical (unpaired) electrons. The zero-order chi connectivity index (χ0) is 16.4. The van der Waals surface area contributed by atoms with Gasteiger partial charge in [-0.05, 0) is 26.0 Å². The van der Waals surface area contributed by atoms with Crippen molar-refractivity contribution < 1.29 is 17.9 Å². The lowest BCUT2D eigenvalue weighted by atomic mass is 10.0. The van der Waals surface area contributed by atoms with E-state index in [-0.39, 0.29) is 33.0 Å². The standard InChI is InChI=1S/C12H16Cl2N2O4S/c1-12(2,20-3)6-10(17)16-11-8(13)4-7(5-9(11)14)21(15,18)19/h4-5H,6H2,1-3H3,(H,16,17)(H2,15,18,19). The van der Waals surface area contributed by atoms with Crippen LogP contribution in [0.5, 0.6) is 0 Å². The molecule has 3 N–H and O–H groups in total. The van der Waals surface area contributed by atoms with E-state index in [2.05, 4.69) is 5.32 Å². The van der Waals surface area contributed by atoms with Crippen LogP contribution < -0.4 is 10.5 Å². The molecule has 0 spiro atoms. The number of amides is 1. The Balaban J connectivity index is 3.03. The number of nitrogens with one attached hydrogen (secondary N) is 1. The molecular formula is C12H16Cl2N2O4S. The normalized spacial score (nSPS) is 12.3. The fourth-order valence-electron chi connectivity index (χ4n) is 1.48. The Morgan fingerprint density at radius 1 is 1.33 bits per heavy atom. The van der Waals surface area contributed by atoms with Crippen LogP contribution in [0.3, 0.4) is 0 Å². The van der Waals surface area contributed by atoms with Crippen LogP contribution in [0.15, 0.2) is 17.0 Å². The van der Waals surface area contributed by atoms with Crippen LogP contribution in [0.1, 0.15) is 20.3 Å². The summed E-state index contributed by atoms with van der Waals surface area (Å²) in [5.74, 6) is -0.367. The van der Waals surface area contributed by atoms with Gasteiger partial charge in [-0.25, -0.2) is 13.6 Å². The van der Waals surface area contributed by atoms with Crippen LogP contribution in [-0.4, -0.2) is 27.0 Å². The highest BCUT2D eigenvalue weighted by atomic mass is 35.5. The maximum atomic E-state index is 11.9. The molecule has 0 aliphatic heterocycles. The summed E-state index contributed by atoms with van der Waals surface area (Å²) in [6, 6.07) is 2.25. The number of rotatable bonds is 5. The van der Waals surface area contributed by atoms with Gasteiger partial charge in [-0.15, -0.1) is 0 Å². The van der Waals surface area contributed by atoms with Crippen molar-refractivity contribution in [3.63, 3.8) is 0 Å². The first kappa shape index (κ1) is 18.2. The minimum absolute atomic E-state index is 0.0184. The Morgan fingerprint density at radius 2 is 1.81 bits per heavy atom. The van der Waals surface area contributed by atoms with E-state index in [0.29, 0.717) is 0 Å². The molecule has 0 aliphatic rings. The van der Waals surface area contributed by atoms with E-state index in [4.69, 9.17) is 33.1 Å². The first-order chi connectivity index (χ1) is 9.46. The van der Waals surface area contributed by atoms with E-state index in [1.54, 1.807) is 13.8 Å². The van der Waals surface area contributed by atoms with Crippen molar-refractivity contribution in [2.24, 2.45) is 5.14 Å². The SMILES string of the molecule is COC(C)(C)CC(=O)Nc1c(Cl)cc(S(N)(=O)=O)cc1Cl. The molecule has 0 saturated carbocycles. The number of anilines is 1. The summed E-state index contributed by atoms with van der Waals surface area (Å²) in [4.78, 5) is 11.7. The maximum absolute atomic E-state index is 11.9. The molecule has 0 aromatic heterocycles. The van der Waals surface area contributed by atoms with Crippen molar-refractivity contribution in [2.45, 2.75) is 30.8 Å². The molecule has 0 heterocycles. The smallest absolute Gasteiger partial charge is 0.238 e. The molecule has 1 rings (SSSR count). The van der Waals surface area contributed by atoms with E-state index >= 15 is 0 Å². The predicted molar refractivity (Wildman–Crippen MR) is 82.2 cm³/mol. The van der Waals surface area contributed by atoms with Crippen molar-refractivity contribution in [3.05, 3.63) is 22.2 Å². The first-order valence-corrected chi connectivity index (χ1v) is 8.13. The Kier molecular flexibility index (Phi) is 5.63. The number of hydrogen-bond donors (Lipinski definition) is 2. The van der Waals surface area contributed by atoms with E-state index in [0.717, 1.165) is 12.1 Å². The van der Waals surface area contributed by atoms with Crippen molar-refractivity contribution in [2.75, 3.05) is 12.4 Å². The molecule has 0 atom stereocenters. The van der Waals surface area contributed by atoms with Crippen LogP contribution in [0, 0.1) is 0 Å². The second kappa shape index (κ2) is 6.50. The van der Waals surface area contributed by atoms with E-state index in [1.807, 2.05) is 0 Å². The fourth-order valence-corrected chi connectivity index (χ4v) is 2.75. The number of sulfonamides is 1. The highest BCUT2D eigenvalue weighted by molar-refractivity contribution is 7.89. The number of carbonyl (C=O) groups excluding carboxylic acids is 1. The molecule has 0 bridgehead atoms. The Morgan fingerprint density at radius 3 is 2.19 bits per heavy atom. The van der Waals surface area contributed by atoms with Gasteiger partial charge in [0.1, 0.15) is 0 Å². The average molecular weight is 355 g/mol. The lowest BCUT2D eigenvalue weighted by molar-refractivity contribution is -0.121. The van der Waals surface area contributed by atoms with Gasteiger partial charge in [-0.3, -0.25) is 4.79 Å². The van der Waals surface area contributed by atoms with E-state index < -0.39 is 15.6 Å². The topological polar surface area (TPSA) is 98.5 Å². The molecule has 1 aromatic carbocycles. The third kappa shape index (κ3) is 5.12. The first-order valence-electron chi connectivity index (χ1n) is 5.83. The molecule has 6 nitrogen and oxygen atoms in total. The maximum Gasteiger partial charge on any atom is 0.238 e. The molecule has 0 aliphatic carbocycles. The molecule has 21 heavy (non-hydrogen) atoms. The predicted octanol–water partition coefficient (Wildman–Crippen LogP) is 2.39. The minimum atomic E-state index is -3.93. The molecule has 0 unspecified atom stereocenters. The highest BCUT2D eigenvalue weighted by Crippen LogP contribution is 2.33. The zero-order valence-corrected chi connectivity index (χ0v) is 14.1. The summed E-state index contributed by atoms with van der Waals surface area (Å²) in [7, 11) is -2.43. The number of primary sulfonamides is 1. The van der Waals surface area contributed by atoms with Crippen LogP contribution in [0.25, 0.3) is 0 Å². The van der Waals surface area contributed by atoms with E-state index in [1.165, 1.54) is 7.11 Å². The van der Waals surface area contributed by atoms with Crippen molar-refractivity contribution in [1.29, 1.82) is 0 Å². The summed E-state index contributed by atoms with van der Waals surface area (Å²) >= 11 is 11.9. The Hall–Kier alpha value is -0.860. The second-order valence-corrected chi connectivity index (χ2v) is 7.37. The number of ether oxygens (including phenoxy) is 1. The van der Waals surface area contributed by atoms with Gasteiger partial charge >= 0.3 is 0 Å². The highest BCUT2D eigenvalue weighted by Gasteiger charge is 2.23. The van der Waals surface area contributed by atoms with Crippen LogP contribution in [0.4, 0.5) is 5.69 Å². The number of benzene rings is 1. The van der Waals surface area contributed by atoms with Gasteiger partial charge < -0.3 is 10.1 Å². The number of hydrogen-bond acceptors (Lipinski definition) is 4. The summed E-state index contributed by atoms with van der Waals surface area (Å²) in [5.41, 5.74) is -0.522. The van der Waals surface area contributed by atoms with Gasteiger partial charge in [0.25, 0.3) is 0 Å². The van der Waals surface area contributed by atoms with Crippen molar-refractivity contribution in [3.8, 4) is 0 Å². The second-order valence-electron chi connectivity index (χ2n) is 5.00. The monoisotopic (exact) mass is 354 g/mol. The third-order valence-corrected chi connectivity index (χ3v) is 4.24. The molecule has 1 aromatic rings. The molecule has 9 heteroatoms. The van der Waals surface area contributed by atoms with Gasteiger partial charge in [-0.2, -0.15) is 0 Å². The Bertz CT molecular complexity index is 636. The summed E-state index contributed by atoms with van der Waals surface area (Å²) in [6.45, 7) is 3.50. The number of halogens is 2. The molecule has 118 valence electrons. The van der Waals surface area contributed by atoms with Gasteiger partial charge in [-0.1, -0.05) is 23.2 Å². The lowest BCUT2D eigenvalue weighted by Crippen LogP contribution is -2.29. The van der Waals surface area contributed by atoms with Gasteiger partial charge in [0.15, 0.2) is 0 Å². The molecule has 0 saturated heterocycles. The largest absolute Gasteiger partial charge is 0.378 e. The average Bonchev–Trinajstić information content (AvgIpc) is 2.31. The Labute approximate surface area is 133 Å².